The Bertz CT molecular complexity index is 524. The first-order valence-corrected chi connectivity index (χ1v) is 7.97. The number of Topliss-reactive ketones (excluding diaryl/α,β-unsaturated/α-hetero) is 1. The number of rotatable bonds is 4. The molecule has 6 heteroatoms. The molecule has 0 N–H and O–H groups in total. The molecule has 3 nitrogen and oxygen atoms in total. The van der Waals surface area contributed by atoms with Crippen molar-refractivity contribution in [1.29, 1.82) is 0 Å². The van der Waals surface area contributed by atoms with Gasteiger partial charge in [0, 0.05) is 16.3 Å². The second kappa shape index (κ2) is 5.08. The van der Waals surface area contributed by atoms with Gasteiger partial charge in [-0.15, -0.1) is 0 Å². The molecule has 0 saturated heterocycles. The third kappa shape index (κ3) is 2.89. The number of alkyl halides is 1. The lowest BCUT2D eigenvalue weighted by Gasteiger charge is -2.21. The van der Waals surface area contributed by atoms with Gasteiger partial charge in [-0.3, -0.25) is 4.79 Å². The standard InChI is InChI=1S/C11H12BrClO3S/c1-3-11(13,17(2,15)16)10(14)8-4-6-9(12)7-5-8/h4-7H,3H2,1-2H3. The highest BCUT2D eigenvalue weighted by atomic mass is 79.9. The molecule has 1 rings (SSSR count). The van der Waals surface area contributed by atoms with Gasteiger partial charge in [-0.1, -0.05) is 46.6 Å². The van der Waals surface area contributed by atoms with E-state index in [9.17, 15) is 13.2 Å². The number of hydrogen-bond donors (Lipinski definition) is 0. The number of sulfone groups is 1. The minimum Gasteiger partial charge on any atom is -0.291 e. The number of benzene rings is 1. The zero-order chi connectivity index (χ0) is 13.3. The maximum Gasteiger partial charge on any atom is 0.207 e. The highest BCUT2D eigenvalue weighted by molar-refractivity contribution is 9.10. The Morgan fingerprint density at radius 1 is 1.35 bits per heavy atom. The fourth-order valence-corrected chi connectivity index (χ4v) is 2.76. The summed E-state index contributed by atoms with van der Waals surface area (Å²) in [4.78, 5) is 12.1. The van der Waals surface area contributed by atoms with Gasteiger partial charge in [0.25, 0.3) is 0 Å². The van der Waals surface area contributed by atoms with Gasteiger partial charge in [-0.05, 0) is 18.6 Å². The molecule has 1 aromatic rings. The maximum absolute atomic E-state index is 12.1. The second-order valence-electron chi connectivity index (χ2n) is 3.69. The van der Waals surface area contributed by atoms with Crippen molar-refractivity contribution in [3.63, 3.8) is 0 Å². The summed E-state index contributed by atoms with van der Waals surface area (Å²) >= 11 is 9.21. The monoisotopic (exact) mass is 338 g/mol. The van der Waals surface area contributed by atoms with E-state index in [1.54, 1.807) is 31.2 Å². The molecule has 0 aromatic heterocycles. The van der Waals surface area contributed by atoms with Crippen LogP contribution in [0.25, 0.3) is 0 Å². The molecule has 1 unspecified atom stereocenters. The number of ketones is 1. The average molecular weight is 340 g/mol. The second-order valence-corrected chi connectivity index (χ2v) is 7.72. The van der Waals surface area contributed by atoms with Crippen LogP contribution in [0.5, 0.6) is 0 Å². The first kappa shape index (κ1) is 14.7. The first-order chi connectivity index (χ1) is 7.72. The number of carbonyl (C=O) groups excluding carboxylic acids is 1. The molecule has 0 amide bonds. The fourth-order valence-electron chi connectivity index (χ4n) is 1.41. The Morgan fingerprint density at radius 2 is 1.82 bits per heavy atom. The van der Waals surface area contributed by atoms with E-state index >= 15 is 0 Å². The molecule has 17 heavy (non-hydrogen) atoms. The van der Waals surface area contributed by atoms with Crippen LogP contribution in [-0.4, -0.2) is 24.7 Å². The van der Waals surface area contributed by atoms with Gasteiger partial charge in [0.05, 0.1) is 0 Å². The zero-order valence-electron chi connectivity index (χ0n) is 9.41. The van der Waals surface area contributed by atoms with Gasteiger partial charge < -0.3 is 0 Å². The van der Waals surface area contributed by atoms with E-state index in [0.717, 1.165) is 10.7 Å². The molecule has 0 heterocycles. The van der Waals surface area contributed by atoms with E-state index in [2.05, 4.69) is 15.9 Å². The predicted octanol–water partition coefficient (Wildman–Crippen LogP) is 3.02. The molecule has 0 spiro atoms. The van der Waals surface area contributed by atoms with Gasteiger partial charge in [0.2, 0.25) is 4.21 Å². The summed E-state index contributed by atoms with van der Waals surface area (Å²) in [5, 5.41) is 0. The van der Waals surface area contributed by atoms with Crippen LogP contribution in [0.1, 0.15) is 23.7 Å². The molecule has 0 aliphatic heterocycles. The highest BCUT2D eigenvalue weighted by Gasteiger charge is 2.44. The van der Waals surface area contributed by atoms with Gasteiger partial charge in [0.1, 0.15) is 0 Å². The van der Waals surface area contributed by atoms with Gasteiger partial charge >= 0.3 is 0 Å². The summed E-state index contributed by atoms with van der Waals surface area (Å²) in [5.41, 5.74) is 0.287. The van der Waals surface area contributed by atoms with Crippen molar-refractivity contribution in [2.75, 3.05) is 6.26 Å². The molecule has 0 radical (unpaired) electrons. The van der Waals surface area contributed by atoms with Crippen molar-refractivity contribution in [3.05, 3.63) is 34.3 Å². The van der Waals surface area contributed by atoms with Crippen LogP contribution in [0, 0.1) is 0 Å². The quantitative estimate of drug-likeness (QED) is 0.626. The molecule has 0 bridgehead atoms. The lowest BCUT2D eigenvalue weighted by molar-refractivity contribution is 0.0970. The van der Waals surface area contributed by atoms with Crippen molar-refractivity contribution in [2.24, 2.45) is 0 Å². The smallest absolute Gasteiger partial charge is 0.207 e. The third-order valence-corrected chi connectivity index (χ3v) is 5.95. The van der Waals surface area contributed by atoms with Crippen LogP contribution in [0.3, 0.4) is 0 Å². The van der Waals surface area contributed by atoms with Crippen molar-refractivity contribution in [1.82, 2.24) is 0 Å². The van der Waals surface area contributed by atoms with E-state index in [4.69, 9.17) is 11.6 Å². The minimum absolute atomic E-state index is 0.0300. The van der Waals surface area contributed by atoms with E-state index in [1.807, 2.05) is 0 Å². The minimum atomic E-state index is -3.67. The van der Waals surface area contributed by atoms with Crippen LogP contribution < -0.4 is 0 Å². The Balaban J connectivity index is 3.24. The Hall–Kier alpha value is -0.390. The van der Waals surface area contributed by atoms with Gasteiger partial charge in [0.15, 0.2) is 15.6 Å². The van der Waals surface area contributed by atoms with Gasteiger partial charge in [-0.25, -0.2) is 8.42 Å². The summed E-state index contributed by atoms with van der Waals surface area (Å²) in [6, 6.07) is 6.43. The van der Waals surface area contributed by atoms with Gasteiger partial charge in [-0.2, -0.15) is 0 Å². The number of hydrogen-bond acceptors (Lipinski definition) is 3. The van der Waals surface area contributed by atoms with E-state index in [-0.39, 0.29) is 12.0 Å². The summed E-state index contributed by atoms with van der Waals surface area (Å²) < 4.78 is 22.1. The predicted molar refractivity (Wildman–Crippen MR) is 72.2 cm³/mol. The van der Waals surface area contributed by atoms with Crippen LogP contribution in [0.2, 0.25) is 0 Å². The molecule has 1 aromatic carbocycles. The first-order valence-electron chi connectivity index (χ1n) is 4.91. The lowest BCUT2D eigenvalue weighted by Crippen LogP contribution is -2.40. The topological polar surface area (TPSA) is 51.2 Å². The SMILES string of the molecule is CCC(Cl)(C(=O)c1ccc(Br)cc1)S(C)(=O)=O. The molecule has 0 fully saturated rings. The van der Waals surface area contributed by atoms with Crippen molar-refractivity contribution >= 4 is 43.2 Å². The fraction of sp³-hybridized carbons (Fsp3) is 0.364. The summed E-state index contributed by atoms with van der Waals surface area (Å²) in [5.74, 6) is -0.586. The number of carbonyl (C=O) groups is 1. The zero-order valence-corrected chi connectivity index (χ0v) is 12.6. The van der Waals surface area contributed by atoms with Crippen LogP contribution in [0.4, 0.5) is 0 Å². The van der Waals surface area contributed by atoms with E-state index in [0.29, 0.717) is 0 Å². The van der Waals surface area contributed by atoms with Crippen LogP contribution in [0.15, 0.2) is 28.7 Å². The third-order valence-electron chi connectivity index (χ3n) is 2.49. The summed E-state index contributed by atoms with van der Waals surface area (Å²) in [6.07, 6.45) is 1.00. The maximum atomic E-state index is 12.1. The molecule has 94 valence electrons. The molecular formula is C11H12BrClO3S. The molecule has 0 saturated carbocycles. The number of halogens is 2. The van der Waals surface area contributed by atoms with Crippen LogP contribution >= 0.6 is 27.5 Å². The average Bonchev–Trinajstić information content (AvgIpc) is 2.26. The Kier molecular flexibility index (Phi) is 4.38. The van der Waals surface area contributed by atoms with Crippen LogP contribution in [-0.2, 0) is 9.84 Å². The Morgan fingerprint density at radius 3 is 2.18 bits per heavy atom. The van der Waals surface area contributed by atoms with Crippen molar-refractivity contribution in [2.45, 2.75) is 17.6 Å². The molecule has 0 aliphatic carbocycles. The molecule has 0 aliphatic rings. The Labute approximate surface area is 114 Å². The van der Waals surface area contributed by atoms with Crippen molar-refractivity contribution < 1.29 is 13.2 Å². The normalized spacial score (nSPS) is 15.3. The summed E-state index contributed by atoms with van der Waals surface area (Å²) in [6.45, 7) is 1.57. The molecular weight excluding hydrogens is 328 g/mol. The highest BCUT2D eigenvalue weighted by Crippen LogP contribution is 2.31. The summed E-state index contributed by atoms with van der Waals surface area (Å²) in [7, 11) is -3.67. The lowest BCUT2D eigenvalue weighted by atomic mass is 10.1. The van der Waals surface area contributed by atoms with E-state index in [1.165, 1.54) is 0 Å². The molecule has 1 atom stereocenters. The van der Waals surface area contributed by atoms with Crippen molar-refractivity contribution in [3.8, 4) is 0 Å². The largest absolute Gasteiger partial charge is 0.291 e. The van der Waals surface area contributed by atoms with E-state index < -0.39 is 19.8 Å².